The Morgan fingerprint density at radius 1 is 1.50 bits per heavy atom. The first-order valence-corrected chi connectivity index (χ1v) is 8.75. The van der Waals surface area contributed by atoms with Crippen LogP contribution in [0, 0.1) is 0 Å². The van der Waals surface area contributed by atoms with Crippen LogP contribution in [0.2, 0.25) is 0 Å². The second-order valence-electron chi connectivity index (χ2n) is 6.66. The lowest BCUT2D eigenvalue weighted by Crippen LogP contribution is -2.46. The third-order valence-electron chi connectivity index (χ3n) is 4.29. The summed E-state index contributed by atoms with van der Waals surface area (Å²) in [6, 6.07) is 3.50. The predicted molar refractivity (Wildman–Crippen MR) is 96.8 cm³/mol. The summed E-state index contributed by atoms with van der Waals surface area (Å²) in [5, 5.41) is 11.2. The van der Waals surface area contributed by atoms with Gasteiger partial charge in [0.1, 0.15) is 11.6 Å². The quantitative estimate of drug-likeness (QED) is 0.535. The van der Waals surface area contributed by atoms with Gasteiger partial charge in [-0.3, -0.25) is 9.79 Å². The van der Waals surface area contributed by atoms with Crippen molar-refractivity contribution in [3.8, 4) is 0 Å². The maximum atomic E-state index is 11.1. The van der Waals surface area contributed by atoms with Gasteiger partial charge in [0.05, 0.1) is 13.1 Å². The summed E-state index contributed by atoms with van der Waals surface area (Å²) in [5.41, 5.74) is 5.19. The molecule has 1 atom stereocenters. The van der Waals surface area contributed by atoms with Crippen molar-refractivity contribution >= 4 is 11.9 Å². The van der Waals surface area contributed by atoms with Crippen LogP contribution < -0.4 is 16.4 Å². The Hall–Kier alpha value is -2.84. The lowest BCUT2D eigenvalue weighted by molar-refractivity contribution is 0.0972. The van der Waals surface area contributed by atoms with Gasteiger partial charge in [0, 0.05) is 25.4 Å². The molecule has 26 heavy (non-hydrogen) atoms. The Bertz CT molecular complexity index is 806. The SMILES string of the molecule is CN=C(NCc1ccc(C(N)=O)o1)NC1CCc2nc(C(C)C)nn2C1. The van der Waals surface area contributed by atoms with E-state index in [-0.39, 0.29) is 11.8 Å². The third-order valence-corrected chi connectivity index (χ3v) is 4.29. The topological polar surface area (TPSA) is 123 Å². The van der Waals surface area contributed by atoms with Gasteiger partial charge in [-0.1, -0.05) is 13.8 Å². The fraction of sp³-hybridized carbons (Fsp3) is 0.529. The average Bonchev–Trinajstić information content (AvgIpc) is 3.25. The molecule has 1 aliphatic heterocycles. The van der Waals surface area contributed by atoms with Gasteiger partial charge in [0.25, 0.3) is 5.91 Å². The van der Waals surface area contributed by atoms with Crippen LogP contribution in [0.5, 0.6) is 0 Å². The van der Waals surface area contributed by atoms with E-state index in [4.69, 9.17) is 10.2 Å². The number of nitrogens with zero attached hydrogens (tertiary/aromatic N) is 4. The van der Waals surface area contributed by atoms with E-state index in [0.29, 0.717) is 24.2 Å². The monoisotopic (exact) mass is 359 g/mol. The van der Waals surface area contributed by atoms with Crippen molar-refractivity contribution in [1.82, 2.24) is 25.4 Å². The molecule has 9 heteroatoms. The molecule has 4 N–H and O–H groups in total. The molecule has 0 fully saturated rings. The van der Waals surface area contributed by atoms with Crippen LogP contribution in [0.25, 0.3) is 0 Å². The van der Waals surface area contributed by atoms with Crippen molar-refractivity contribution in [2.45, 2.75) is 51.7 Å². The molecule has 9 nitrogen and oxygen atoms in total. The lowest BCUT2D eigenvalue weighted by atomic mass is 10.1. The highest BCUT2D eigenvalue weighted by atomic mass is 16.3. The Morgan fingerprint density at radius 3 is 2.96 bits per heavy atom. The van der Waals surface area contributed by atoms with Crippen LogP contribution in [0.1, 0.15) is 54.2 Å². The molecule has 3 heterocycles. The lowest BCUT2D eigenvalue weighted by Gasteiger charge is -2.25. The van der Waals surface area contributed by atoms with E-state index >= 15 is 0 Å². The molecule has 0 saturated heterocycles. The largest absolute Gasteiger partial charge is 0.454 e. The molecule has 3 rings (SSSR count). The highest BCUT2D eigenvalue weighted by molar-refractivity contribution is 5.89. The number of guanidine groups is 1. The number of aliphatic imine (C=N–C) groups is 1. The van der Waals surface area contributed by atoms with Crippen molar-refractivity contribution in [3.63, 3.8) is 0 Å². The maximum absolute atomic E-state index is 11.1. The van der Waals surface area contributed by atoms with Gasteiger partial charge in [-0.05, 0) is 18.6 Å². The molecule has 1 aliphatic rings. The van der Waals surface area contributed by atoms with Gasteiger partial charge in [0.15, 0.2) is 17.5 Å². The van der Waals surface area contributed by atoms with Crippen LogP contribution in [0.15, 0.2) is 21.5 Å². The summed E-state index contributed by atoms with van der Waals surface area (Å²) in [7, 11) is 1.72. The number of fused-ring (bicyclic) bond motifs is 1. The molecule has 0 spiro atoms. The molecule has 0 bridgehead atoms. The van der Waals surface area contributed by atoms with Crippen molar-refractivity contribution in [2.75, 3.05) is 7.05 Å². The Labute approximate surface area is 152 Å². The zero-order valence-corrected chi connectivity index (χ0v) is 15.3. The molecule has 2 aromatic heterocycles. The summed E-state index contributed by atoms with van der Waals surface area (Å²) >= 11 is 0. The number of amides is 1. The van der Waals surface area contributed by atoms with E-state index in [9.17, 15) is 4.79 Å². The summed E-state index contributed by atoms with van der Waals surface area (Å²) < 4.78 is 7.34. The van der Waals surface area contributed by atoms with Gasteiger partial charge in [0.2, 0.25) is 0 Å². The minimum Gasteiger partial charge on any atom is -0.454 e. The molecular weight excluding hydrogens is 334 g/mol. The second-order valence-corrected chi connectivity index (χ2v) is 6.66. The molecule has 140 valence electrons. The normalized spacial score (nSPS) is 17.2. The summed E-state index contributed by atoms with van der Waals surface area (Å²) in [4.78, 5) is 19.9. The van der Waals surface area contributed by atoms with Gasteiger partial charge in [-0.25, -0.2) is 9.67 Å². The highest BCUT2D eigenvalue weighted by Gasteiger charge is 2.23. The van der Waals surface area contributed by atoms with Crippen LogP contribution in [-0.4, -0.2) is 39.7 Å². The first-order valence-electron chi connectivity index (χ1n) is 8.75. The van der Waals surface area contributed by atoms with E-state index in [1.165, 1.54) is 0 Å². The number of hydrogen-bond donors (Lipinski definition) is 3. The van der Waals surface area contributed by atoms with Gasteiger partial charge < -0.3 is 20.8 Å². The summed E-state index contributed by atoms with van der Waals surface area (Å²) in [6.45, 7) is 5.36. The number of aromatic nitrogens is 3. The van der Waals surface area contributed by atoms with Gasteiger partial charge >= 0.3 is 0 Å². The highest BCUT2D eigenvalue weighted by Crippen LogP contribution is 2.17. The van der Waals surface area contributed by atoms with Crippen molar-refractivity contribution in [2.24, 2.45) is 10.7 Å². The Balaban J connectivity index is 1.55. The molecule has 0 aliphatic carbocycles. The zero-order valence-electron chi connectivity index (χ0n) is 15.3. The van der Waals surface area contributed by atoms with Crippen LogP contribution in [0.3, 0.4) is 0 Å². The molecule has 0 saturated carbocycles. The number of hydrogen-bond acceptors (Lipinski definition) is 5. The fourth-order valence-electron chi connectivity index (χ4n) is 2.85. The van der Waals surface area contributed by atoms with Crippen LogP contribution in [-0.2, 0) is 19.5 Å². The zero-order chi connectivity index (χ0) is 18.7. The average molecular weight is 359 g/mol. The number of furan rings is 1. The number of aryl methyl sites for hydroxylation is 1. The number of rotatable bonds is 5. The number of primary amides is 1. The maximum Gasteiger partial charge on any atom is 0.284 e. The molecule has 2 aromatic rings. The van der Waals surface area contributed by atoms with Crippen molar-refractivity contribution < 1.29 is 9.21 Å². The van der Waals surface area contributed by atoms with E-state index in [1.807, 2.05) is 4.68 Å². The number of carbonyl (C=O) groups is 1. The first kappa shape index (κ1) is 18.0. The minimum absolute atomic E-state index is 0.150. The first-order chi connectivity index (χ1) is 12.5. The second kappa shape index (κ2) is 7.59. The standard InChI is InChI=1S/C17H25N7O2/c1-10(2)16-22-14-7-4-11(9-24(14)23-16)21-17(19-3)20-8-12-5-6-13(26-12)15(18)25/h5-6,10-11H,4,7-9H2,1-3H3,(H2,18,25)(H2,19,20,21). The number of carbonyl (C=O) groups excluding carboxylic acids is 1. The van der Waals surface area contributed by atoms with Crippen molar-refractivity contribution in [3.05, 3.63) is 35.3 Å². The molecule has 1 amide bonds. The summed E-state index contributed by atoms with van der Waals surface area (Å²) in [6.07, 6.45) is 1.85. The van der Waals surface area contributed by atoms with Crippen LogP contribution in [0.4, 0.5) is 0 Å². The minimum atomic E-state index is -0.578. The fourth-order valence-corrected chi connectivity index (χ4v) is 2.85. The van der Waals surface area contributed by atoms with Gasteiger partial charge in [-0.15, -0.1) is 0 Å². The van der Waals surface area contributed by atoms with E-state index < -0.39 is 5.91 Å². The smallest absolute Gasteiger partial charge is 0.284 e. The molecular formula is C17H25N7O2. The number of nitrogens with one attached hydrogen (secondary N) is 2. The summed E-state index contributed by atoms with van der Waals surface area (Å²) in [5.74, 6) is 3.12. The van der Waals surface area contributed by atoms with Gasteiger partial charge in [-0.2, -0.15) is 5.10 Å². The molecule has 1 unspecified atom stereocenters. The Kier molecular flexibility index (Phi) is 5.24. The third kappa shape index (κ3) is 4.04. The molecule has 0 aromatic carbocycles. The Morgan fingerprint density at radius 2 is 2.31 bits per heavy atom. The van der Waals surface area contributed by atoms with E-state index in [1.54, 1.807) is 19.2 Å². The van der Waals surface area contributed by atoms with E-state index in [2.05, 4.69) is 39.6 Å². The molecule has 0 radical (unpaired) electrons. The van der Waals surface area contributed by atoms with Crippen molar-refractivity contribution in [1.29, 1.82) is 0 Å². The number of nitrogens with two attached hydrogens (primary N) is 1. The van der Waals surface area contributed by atoms with Crippen LogP contribution >= 0.6 is 0 Å². The van der Waals surface area contributed by atoms with E-state index in [0.717, 1.165) is 31.0 Å². The predicted octanol–water partition coefficient (Wildman–Crippen LogP) is 0.773.